The van der Waals surface area contributed by atoms with Crippen molar-refractivity contribution < 1.29 is 18.0 Å². The zero-order valence-corrected chi connectivity index (χ0v) is 11.2. The van der Waals surface area contributed by atoms with Crippen molar-refractivity contribution in [3.8, 4) is 0 Å². The first-order valence-electron chi connectivity index (χ1n) is 6.62. The predicted octanol–water partition coefficient (Wildman–Crippen LogP) is 2.08. The van der Waals surface area contributed by atoms with E-state index in [-0.39, 0.29) is 5.92 Å². The minimum absolute atomic E-state index is 0.222. The highest BCUT2D eigenvalue weighted by molar-refractivity contribution is 5.94. The van der Waals surface area contributed by atoms with Gasteiger partial charge in [0.05, 0.1) is 0 Å². The molecule has 110 valence electrons. The molecule has 0 spiro atoms. The Hall–Kier alpha value is -1.56. The third-order valence-corrected chi connectivity index (χ3v) is 3.75. The van der Waals surface area contributed by atoms with Gasteiger partial charge >= 0.3 is 0 Å². The molecule has 20 heavy (non-hydrogen) atoms. The van der Waals surface area contributed by atoms with Crippen molar-refractivity contribution >= 4 is 5.91 Å². The molecule has 0 radical (unpaired) electrons. The summed E-state index contributed by atoms with van der Waals surface area (Å²) in [5.74, 6) is -3.61. The molecule has 2 atom stereocenters. The van der Waals surface area contributed by atoms with Crippen molar-refractivity contribution in [3.05, 3.63) is 35.1 Å². The zero-order valence-electron chi connectivity index (χ0n) is 11.2. The van der Waals surface area contributed by atoms with Gasteiger partial charge in [-0.3, -0.25) is 4.79 Å². The first-order valence-corrected chi connectivity index (χ1v) is 6.62. The Bertz CT molecular complexity index is 484. The number of carbonyl (C=O) groups is 1. The highest BCUT2D eigenvalue weighted by atomic mass is 19.1. The summed E-state index contributed by atoms with van der Waals surface area (Å²) < 4.78 is 39.7. The second kappa shape index (κ2) is 6.26. The Morgan fingerprint density at radius 1 is 1.35 bits per heavy atom. The van der Waals surface area contributed by atoms with E-state index in [1.165, 1.54) is 0 Å². The van der Waals surface area contributed by atoms with Gasteiger partial charge in [-0.15, -0.1) is 0 Å². The van der Waals surface area contributed by atoms with Gasteiger partial charge in [-0.2, -0.15) is 0 Å². The minimum atomic E-state index is -1.19. The molecule has 0 bridgehead atoms. The summed E-state index contributed by atoms with van der Waals surface area (Å²) in [5, 5.41) is 5.73. The van der Waals surface area contributed by atoms with Gasteiger partial charge in [0.1, 0.15) is 23.0 Å². The summed E-state index contributed by atoms with van der Waals surface area (Å²) in [6, 6.07) is 1.01. The number of piperidine rings is 1. The quantitative estimate of drug-likeness (QED) is 0.893. The maximum absolute atomic E-state index is 13.5. The monoisotopic (exact) mass is 286 g/mol. The van der Waals surface area contributed by atoms with E-state index in [4.69, 9.17) is 0 Å². The summed E-state index contributed by atoms with van der Waals surface area (Å²) in [6.07, 6.45) is 1.000. The van der Waals surface area contributed by atoms with Gasteiger partial charge in [-0.05, 0) is 31.3 Å². The van der Waals surface area contributed by atoms with Crippen molar-refractivity contribution in [1.29, 1.82) is 0 Å². The second-order valence-electron chi connectivity index (χ2n) is 5.18. The molecule has 3 nitrogen and oxygen atoms in total. The molecule has 1 aliphatic heterocycles. The van der Waals surface area contributed by atoms with Gasteiger partial charge in [0.15, 0.2) is 0 Å². The van der Waals surface area contributed by atoms with Crippen molar-refractivity contribution in [2.75, 3.05) is 19.6 Å². The first-order chi connectivity index (χ1) is 9.49. The number of amides is 1. The van der Waals surface area contributed by atoms with Crippen LogP contribution in [0.3, 0.4) is 0 Å². The van der Waals surface area contributed by atoms with Gasteiger partial charge in [0.25, 0.3) is 5.91 Å². The maximum Gasteiger partial charge on any atom is 0.257 e. The molecule has 6 heteroatoms. The fraction of sp³-hybridized carbons (Fsp3) is 0.500. The van der Waals surface area contributed by atoms with Gasteiger partial charge in [-0.1, -0.05) is 6.92 Å². The molecule has 1 fully saturated rings. The average molecular weight is 286 g/mol. The van der Waals surface area contributed by atoms with Crippen LogP contribution in [0.25, 0.3) is 0 Å². The topological polar surface area (TPSA) is 41.1 Å². The number of rotatable bonds is 3. The van der Waals surface area contributed by atoms with Crippen LogP contribution in [-0.4, -0.2) is 25.5 Å². The summed E-state index contributed by atoms with van der Waals surface area (Å²) >= 11 is 0. The number of hydrogen-bond acceptors (Lipinski definition) is 2. The largest absolute Gasteiger partial charge is 0.352 e. The van der Waals surface area contributed by atoms with Crippen LogP contribution in [0.15, 0.2) is 12.1 Å². The summed E-state index contributed by atoms with van der Waals surface area (Å²) in [6.45, 7) is 4.11. The maximum atomic E-state index is 13.5. The molecule has 0 saturated carbocycles. The SMILES string of the molecule is CC1CCNCC1CNC(=O)c1c(F)cc(F)cc1F. The van der Waals surface area contributed by atoms with Crippen LogP contribution < -0.4 is 10.6 Å². The van der Waals surface area contributed by atoms with Crippen LogP contribution in [0.5, 0.6) is 0 Å². The Morgan fingerprint density at radius 3 is 2.60 bits per heavy atom. The Labute approximate surface area is 115 Å². The van der Waals surface area contributed by atoms with E-state index in [0.29, 0.717) is 24.6 Å². The van der Waals surface area contributed by atoms with Crippen molar-refractivity contribution in [3.63, 3.8) is 0 Å². The van der Waals surface area contributed by atoms with Crippen LogP contribution in [0.4, 0.5) is 13.2 Å². The Balaban J connectivity index is 2.02. The van der Waals surface area contributed by atoms with E-state index in [2.05, 4.69) is 17.6 Å². The second-order valence-corrected chi connectivity index (χ2v) is 5.18. The van der Waals surface area contributed by atoms with Crippen LogP contribution in [0.2, 0.25) is 0 Å². The lowest BCUT2D eigenvalue weighted by Crippen LogP contribution is -2.42. The molecule has 0 aromatic heterocycles. The molecular weight excluding hydrogens is 269 g/mol. The number of carbonyl (C=O) groups excluding carboxylic acids is 1. The fourth-order valence-electron chi connectivity index (χ4n) is 2.40. The molecule has 2 unspecified atom stereocenters. The molecule has 0 aliphatic carbocycles. The van der Waals surface area contributed by atoms with Gasteiger partial charge in [0, 0.05) is 18.7 Å². The van der Waals surface area contributed by atoms with Gasteiger partial charge < -0.3 is 10.6 Å². The smallest absolute Gasteiger partial charge is 0.257 e. The van der Waals surface area contributed by atoms with Gasteiger partial charge in [-0.25, -0.2) is 13.2 Å². The minimum Gasteiger partial charge on any atom is -0.352 e. The van der Waals surface area contributed by atoms with E-state index in [1.807, 2.05) is 0 Å². The normalized spacial score (nSPS) is 22.6. The number of benzene rings is 1. The van der Waals surface area contributed by atoms with Crippen LogP contribution >= 0.6 is 0 Å². The van der Waals surface area contributed by atoms with Crippen LogP contribution in [0, 0.1) is 29.3 Å². The van der Waals surface area contributed by atoms with E-state index >= 15 is 0 Å². The molecular formula is C14H17F3N2O. The molecule has 1 heterocycles. The molecule has 2 N–H and O–H groups in total. The number of halogens is 3. The summed E-state index contributed by atoms with van der Waals surface area (Å²) in [4.78, 5) is 11.8. The van der Waals surface area contributed by atoms with E-state index in [0.717, 1.165) is 19.5 Å². The lowest BCUT2D eigenvalue weighted by atomic mass is 9.88. The fourth-order valence-corrected chi connectivity index (χ4v) is 2.40. The first kappa shape index (κ1) is 14.8. The van der Waals surface area contributed by atoms with Crippen LogP contribution in [0.1, 0.15) is 23.7 Å². The lowest BCUT2D eigenvalue weighted by Gasteiger charge is -2.29. The third kappa shape index (κ3) is 3.30. The van der Waals surface area contributed by atoms with Crippen molar-refractivity contribution in [1.82, 2.24) is 10.6 Å². The molecule has 1 aromatic rings. The van der Waals surface area contributed by atoms with Crippen LogP contribution in [-0.2, 0) is 0 Å². The molecule has 1 aliphatic rings. The highest BCUT2D eigenvalue weighted by Crippen LogP contribution is 2.18. The predicted molar refractivity (Wildman–Crippen MR) is 68.8 cm³/mol. The Morgan fingerprint density at radius 2 is 2.00 bits per heavy atom. The summed E-state index contributed by atoms with van der Waals surface area (Å²) in [7, 11) is 0. The van der Waals surface area contributed by atoms with E-state index in [9.17, 15) is 18.0 Å². The molecule has 1 saturated heterocycles. The summed E-state index contributed by atoms with van der Waals surface area (Å²) in [5.41, 5.74) is -0.733. The Kier molecular flexibility index (Phi) is 4.65. The van der Waals surface area contributed by atoms with Crippen molar-refractivity contribution in [2.24, 2.45) is 11.8 Å². The number of nitrogens with one attached hydrogen (secondary N) is 2. The zero-order chi connectivity index (χ0) is 14.7. The molecule has 2 rings (SSSR count). The number of hydrogen-bond donors (Lipinski definition) is 2. The van der Waals surface area contributed by atoms with Crippen molar-refractivity contribution in [2.45, 2.75) is 13.3 Å². The molecule has 1 aromatic carbocycles. The standard InChI is InChI=1S/C14H17F3N2O/c1-8-2-3-18-6-9(8)7-19-14(20)13-11(16)4-10(15)5-12(13)17/h4-5,8-9,18H,2-3,6-7H2,1H3,(H,19,20). The average Bonchev–Trinajstić information content (AvgIpc) is 2.36. The highest BCUT2D eigenvalue weighted by Gasteiger charge is 2.23. The van der Waals surface area contributed by atoms with Gasteiger partial charge in [0.2, 0.25) is 0 Å². The van der Waals surface area contributed by atoms with E-state index < -0.39 is 28.9 Å². The molecule has 1 amide bonds. The van der Waals surface area contributed by atoms with E-state index in [1.54, 1.807) is 0 Å². The third-order valence-electron chi connectivity index (χ3n) is 3.75. The lowest BCUT2D eigenvalue weighted by molar-refractivity contribution is 0.0930.